The van der Waals surface area contributed by atoms with Gasteiger partial charge in [0, 0.05) is 49.2 Å². The van der Waals surface area contributed by atoms with Crippen LogP contribution in [-0.2, 0) is 16.2 Å². The SMILES string of the molecule is COc1ccc(N2CCN(C(=O)COC3CCC(Nc4ccc(N=O)c(CF)c4)CC3)CC2)cc1. The van der Waals surface area contributed by atoms with Crippen LogP contribution in [0.25, 0.3) is 0 Å². The lowest BCUT2D eigenvalue weighted by Crippen LogP contribution is -2.50. The molecule has 1 N–H and O–H groups in total. The number of halogens is 1. The molecule has 1 saturated carbocycles. The number of amides is 1. The van der Waals surface area contributed by atoms with Crippen molar-refractivity contribution in [2.45, 2.75) is 44.5 Å². The quantitative estimate of drug-likeness (QED) is 0.522. The minimum atomic E-state index is -0.721. The first-order valence-electron chi connectivity index (χ1n) is 12.2. The predicted octanol–water partition coefficient (Wildman–Crippen LogP) is 4.65. The van der Waals surface area contributed by atoms with E-state index >= 15 is 0 Å². The van der Waals surface area contributed by atoms with Crippen LogP contribution in [0.3, 0.4) is 0 Å². The molecule has 4 rings (SSSR count). The Labute approximate surface area is 205 Å². The van der Waals surface area contributed by atoms with Crippen molar-refractivity contribution >= 4 is 23.0 Å². The summed E-state index contributed by atoms with van der Waals surface area (Å²) in [4.78, 5) is 27.6. The second-order valence-corrected chi connectivity index (χ2v) is 9.06. The van der Waals surface area contributed by atoms with Gasteiger partial charge in [-0.2, -0.15) is 0 Å². The van der Waals surface area contributed by atoms with E-state index in [2.05, 4.69) is 15.4 Å². The summed E-state index contributed by atoms with van der Waals surface area (Å²) in [6, 6.07) is 13.2. The van der Waals surface area contributed by atoms with Crippen molar-refractivity contribution in [3.63, 3.8) is 0 Å². The van der Waals surface area contributed by atoms with Crippen LogP contribution in [0.5, 0.6) is 5.75 Å². The molecule has 1 aliphatic carbocycles. The van der Waals surface area contributed by atoms with E-state index in [4.69, 9.17) is 9.47 Å². The Morgan fingerprint density at radius 3 is 2.40 bits per heavy atom. The van der Waals surface area contributed by atoms with Gasteiger partial charge in [-0.1, -0.05) is 0 Å². The molecule has 8 nitrogen and oxygen atoms in total. The van der Waals surface area contributed by atoms with Gasteiger partial charge in [-0.25, -0.2) is 4.39 Å². The third kappa shape index (κ3) is 6.48. The van der Waals surface area contributed by atoms with Gasteiger partial charge in [0.25, 0.3) is 0 Å². The number of carbonyl (C=O) groups is 1. The molecular weight excluding hydrogens is 451 g/mol. The summed E-state index contributed by atoms with van der Waals surface area (Å²) in [6.45, 7) is 2.35. The van der Waals surface area contributed by atoms with Crippen molar-refractivity contribution in [1.82, 2.24) is 4.90 Å². The van der Waals surface area contributed by atoms with E-state index in [9.17, 15) is 14.1 Å². The second-order valence-electron chi connectivity index (χ2n) is 9.06. The molecule has 1 saturated heterocycles. The Balaban J connectivity index is 1.16. The summed E-state index contributed by atoms with van der Waals surface area (Å²) < 4.78 is 24.3. The van der Waals surface area contributed by atoms with Crippen LogP contribution >= 0.6 is 0 Å². The predicted molar refractivity (Wildman–Crippen MR) is 134 cm³/mol. The molecule has 0 radical (unpaired) electrons. The van der Waals surface area contributed by atoms with Gasteiger partial charge in [-0.3, -0.25) is 4.79 Å². The highest BCUT2D eigenvalue weighted by molar-refractivity contribution is 5.77. The summed E-state index contributed by atoms with van der Waals surface area (Å²) in [5, 5.41) is 6.27. The number of nitrogens with one attached hydrogen (secondary N) is 1. The fraction of sp³-hybridized carbons (Fsp3) is 0.500. The zero-order valence-corrected chi connectivity index (χ0v) is 20.1. The standard InChI is InChI=1S/C26H33FN4O4/c1-34-23-9-5-22(6-10-23)30-12-14-31(15-13-30)26(32)18-35-24-7-2-20(3-8-24)28-21-4-11-25(29-33)19(16-21)17-27/h4-6,9-11,16,20,24,28H,2-3,7-8,12-15,17-18H2,1H3. The fourth-order valence-corrected chi connectivity index (χ4v) is 4.77. The Hall–Kier alpha value is -3.20. The highest BCUT2D eigenvalue weighted by Gasteiger charge is 2.25. The summed E-state index contributed by atoms with van der Waals surface area (Å²) in [5.41, 5.74) is 2.36. The summed E-state index contributed by atoms with van der Waals surface area (Å²) in [5.74, 6) is 0.878. The monoisotopic (exact) mass is 484 g/mol. The average molecular weight is 485 g/mol. The van der Waals surface area contributed by atoms with Crippen LogP contribution in [0.1, 0.15) is 31.2 Å². The number of benzene rings is 2. The molecular formula is C26H33FN4O4. The number of anilines is 2. The molecule has 35 heavy (non-hydrogen) atoms. The van der Waals surface area contributed by atoms with Crippen molar-refractivity contribution in [2.24, 2.45) is 5.18 Å². The van der Waals surface area contributed by atoms with Gasteiger partial charge in [0.2, 0.25) is 5.91 Å². The van der Waals surface area contributed by atoms with Crippen LogP contribution in [0.4, 0.5) is 21.5 Å². The molecule has 2 aliphatic rings. The van der Waals surface area contributed by atoms with Crippen molar-refractivity contribution in [1.29, 1.82) is 0 Å². The van der Waals surface area contributed by atoms with Gasteiger partial charge in [0.05, 0.1) is 13.2 Å². The van der Waals surface area contributed by atoms with Gasteiger partial charge in [-0.15, -0.1) is 4.91 Å². The van der Waals surface area contributed by atoms with Gasteiger partial charge >= 0.3 is 0 Å². The average Bonchev–Trinajstić information content (AvgIpc) is 2.92. The van der Waals surface area contributed by atoms with Gasteiger partial charge < -0.3 is 24.6 Å². The third-order valence-electron chi connectivity index (χ3n) is 6.88. The Bertz CT molecular complexity index is 987. The molecule has 2 aromatic rings. The number of hydrogen-bond donors (Lipinski definition) is 1. The van der Waals surface area contributed by atoms with Crippen molar-refractivity contribution in [3.8, 4) is 5.75 Å². The number of piperazine rings is 1. The zero-order chi connectivity index (χ0) is 24.6. The van der Waals surface area contributed by atoms with E-state index in [1.54, 1.807) is 25.3 Å². The molecule has 0 atom stereocenters. The fourth-order valence-electron chi connectivity index (χ4n) is 4.77. The molecule has 9 heteroatoms. The topological polar surface area (TPSA) is 83.5 Å². The van der Waals surface area contributed by atoms with Crippen LogP contribution in [0.2, 0.25) is 0 Å². The molecule has 1 amide bonds. The maximum absolute atomic E-state index is 13.1. The minimum Gasteiger partial charge on any atom is -0.497 e. The van der Waals surface area contributed by atoms with E-state index < -0.39 is 6.67 Å². The molecule has 0 unspecified atom stereocenters. The van der Waals surface area contributed by atoms with E-state index in [-0.39, 0.29) is 30.3 Å². The first-order valence-corrected chi connectivity index (χ1v) is 12.2. The molecule has 188 valence electrons. The van der Waals surface area contributed by atoms with Crippen LogP contribution < -0.4 is 15.0 Å². The number of carbonyl (C=O) groups excluding carboxylic acids is 1. The molecule has 1 heterocycles. The van der Waals surface area contributed by atoms with E-state index in [0.29, 0.717) is 18.7 Å². The molecule has 0 aromatic heterocycles. The molecule has 0 bridgehead atoms. The summed E-state index contributed by atoms with van der Waals surface area (Å²) >= 11 is 0. The first-order chi connectivity index (χ1) is 17.1. The number of nitrogens with zero attached hydrogens (tertiary/aromatic N) is 3. The lowest BCUT2D eigenvalue weighted by molar-refractivity contribution is -0.139. The lowest BCUT2D eigenvalue weighted by Gasteiger charge is -2.36. The summed E-state index contributed by atoms with van der Waals surface area (Å²) in [6.07, 6.45) is 3.59. The maximum Gasteiger partial charge on any atom is 0.248 e. The molecule has 0 spiro atoms. The number of hydrogen-bond acceptors (Lipinski definition) is 7. The number of rotatable bonds is 9. The van der Waals surface area contributed by atoms with E-state index in [1.807, 2.05) is 29.2 Å². The van der Waals surface area contributed by atoms with E-state index in [0.717, 1.165) is 55.9 Å². The number of ether oxygens (including phenoxy) is 2. The maximum atomic E-state index is 13.1. The Morgan fingerprint density at radius 2 is 1.77 bits per heavy atom. The number of nitroso groups, excluding NO2 is 1. The largest absolute Gasteiger partial charge is 0.497 e. The normalized spacial score (nSPS) is 20.4. The zero-order valence-electron chi connectivity index (χ0n) is 20.1. The first kappa shape index (κ1) is 24.9. The van der Waals surface area contributed by atoms with Crippen LogP contribution in [-0.4, -0.2) is 62.8 Å². The van der Waals surface area contributed by atoms with Crippen molar-refractivity contribution in [3.05, 3.63) is 52.9 Å². The Morgan fingerprint density at radius 1 is 1.06 bits per heavy atom. The van der Waals surface area contributed by atoms with E-state index in [1.165, 1.54) is 0 Å². The molecule has 1 aliphatic heterocycles. The van der Waals surface area contributed by atoms with Gasteiger partial charge in [-0.05, 0) is 73.3 Å². The lowest BCUT2D eigenvalue weighted by atomic mass is 9.92. The van der Waals surface area contributed by atoms with Gasteiger partial charge in [0.15, 0.2) is 0 Å². The number of methoxy groups -OCH3 is 1. The van der Waals surface area contributed by atoms with Crippen LogP contribution in [0.15, 0.2) is 47.6 Å². The highest BCUT2D eigenvalue weighted by Crippen LogP contribution is 2.28. The number of alkyl halides is 1. The van der Waals surface area contributed by atoms with Gasteiger partial charge in [0.1, 0.15) is 24.7 Å². The van der Waals surface area contributed by atoms with Crippen molar-refractivity contribution in [2.75, 3.05) is 50.1 Å². The second kappa shape index (κ2) is 12.0. The molecule has 2 fully saturated rings. The highest BCUT2D eigenvalue weighted by atomic mass is 19.1. The Kier molecular flexibility index (Phi) is 8.52. The summed E-state index contributed by atoms with van der Waals surface area (Å²) in [7, 11) is 1.66. The van der Waals surface area contributed by atoms with Crippen molar-refractivity contribution < 1.29 is 18.7 Å². The smallest absolute Gasteiger partial charge is 0.248 e. The third-order valence-corrected chi connectivity index (χ3v) is 6.88. The minimum absolute atomic E-state index is 0.0438. The van der Waals surface area contributed by atoms with Crippen LogP contribution in [0, 0.1) is 4.91 Å². The molecule has 2 aromatic carbocycles.